The molecule has 1 N–H and O–H groups in total. The van der Waals surface area contributed by atoms with E-state index in [9.17, 15) is 14.0 Å². The second kappa shape index (κ2) is 7.07. The van der Waals surface area contributed by atoms with E-state index in [2.05, 4.69) is 15.3 Å². The van der Waals surface area contributed by atoms with Gasteiger partial charge >= 0.3 is 0 Å². The number of carbonyl (C=O) groups is 1. The largest absolute Gasteiger partial charge is 0.494 e. The zero-order valence-corrected chi connectivity index (χ0v) is 14.8. The molecule has 4 aromatic rings. The van der Waals surface area contributed by atoms with Gasteiger partial charge in [-0.15, -0.1) is 0 Å². The first kappa shape index (κ1) is 17.6. The van der Waals surface area contributed by atoms with Crippen molar-refractivity contribution in [3.63, 3.8) is 0 Å². The first-order valence-electron chi connectivity index (χ1n) is 8.43. The third-order valence-electron chi connectivity index (χ3n) is 4.33. The Kier molecular flexibility index (Phi) is 4.44. The number of carbonyl (C=O) groups excluding carboxylic acids is 1. The number of hydrogen-bond donors (Lipinski definition) is 1. The van der Waals surface area contributed by atoms with Crippen molar-refractivity contribution in [1.29, 1.82) is 0 Å². The molecule has 0 fully saturated rings. The van der Waals surface area contributed by atoms with Crippen molar-refractivity contribution in [1.82, 2.24) is 14.5 Å². The molecule has 2 heterocycles. The summed E-state index contributed by atoms with van der Waals surface area (Å²) in [6.45, 7) is -0.258. The summed E-state index contributed by atoms with van der Waals surface area (Å²) in [6, 6.07) is 10.7. The van der Waals surface area contributed by atoms with Crippen LogP contribution in [0.25, 0.3) is 21.8 Å². The molecule has 1 amide bonds. The van der Waals surface area contributed by atoms with E-state index >= 15 is 0 Å². The lowest BCUT2D eigenvalue weighted by atomic mass is 10.1. The van der Waals surface area contributed by atoms with Crippen LogP contribution in [0, 0.1) is 5.82 Å². The molecule has 0 spiro atoms. The Morgan fingerprint density at radius 3 is 2.86 bits per heavy atom. The maximum absolute atomic E-state index is 13.4. The molecule has 0 saturated carbocycles. The predicted octanol–water partition coefficient (Wildman–Crippen LogP) is 2.73. The van der Waals surface area contributed by atoms with Crippen LogP contribution < -0.4 is 15.6 Å². The monoisotopic (exact) mass is 378 g/mol. The molecule has 4 rings (SSSR count). The number of rotatable bonds is 4. The van der Waals surface area contributed by atoms with Crippen LogP contribution in [-0.2, 0) is 11.3 Å². The van der Waals surface area contributed by atoms with Crippen molar-refractivity contribution in [2.24, 2.45) is 0 Å². The third kappa shape index (κ3) is 3.16. The highest BCUT2D eigenvalue weighted by Gasteiger charge is 2.12. The number of halogens is 1. The summed E-state index contributed by atoms with van der Waals surface area (Å²) in [4.78, 5) is 33.4. The molecular weight excluding hydrogens is 363 g/mol. The number of pyridine rings is 1. The molecule has 8 heteroatoms. The molecule has 2 aromatic heterocycles. The lowest BCUT2D eigenvalue weighted by molar-refractivity contribution is -0.116. The molecule has 0 bridgehead atoms. The van der Waals surface area contributed by atoms with E-state index in [-0.39, 0.29) is 11.9 Å². The van der Waals surface area contributed by atoms with E-state index in [0.717, 1.165) is 10.6 Å². The van der Waals surface area contributed by atoms with E-state index in [0.29, 0.717) is 27.9 Å². The van der Waals surface area contributed by atoms with Gasteiger partial charge in [-0.05, 0) is 42.5 Å². The van der Waals surface area contributed by atoms with Crippen LogP contribution in [0.1, 0.15) is 0 Å². The number of nitrogens with zero attached hydrogens (tertiary/aromatic N) is 3. The van der Waals surface area contributed by atoms with Gasteiger partial charge in [-0.1, -0.05) is 0 Å². The number of methoxy groups -OCH3 is 1. The molecule has 7 nitrogen and oxygen atoms in total. The maximum atomic E-state index is 13.4. The van der Waals surface area contributed by atoms with Gasteiger partial charge in [0.1, 0.15) is 23.6 Å². The zero-order chi connectivity index (χ0) is 19.7. The van der Waals surface area contributed by atoms with Crippen LogP contribution in [0.5, 0.6) is 5.75 Å². The van der Waals surface area contributed by atoms with E-state index in [4.69, 9.17) is 4.74 Å². The lowest BCUT2D eigenvalue weighted by Crippen LogP contribution is -2.28. The number of hydrogen-bond acceptors (Lipinski definition) is 5. The Bertz CT molecular complexity index is 1270. The number of ether oxygens (including phenoxy) is 1. The fourth-order valence-electron chi connectivity index (χ4n) is 3.01. The second-order valence-electron chi connectivity index (χ2n) is 6.10. The topological polar surface area (TPSA) is 86.1 Å². The van der Waals surface area contributed by atoms with Gasteiger partial charge in [0.25, 0.3) is 5.56 Å². The molecule has 0 radical (unpaired) electrons. The van der Waals surface area contributed by atoms with Crippen LogP contribution in [0.2, 0.25) is 0 Å². The van der Waals surface area contributed by atoms with Gasteiger partial charge in [0.15, 0.2) is 0 Å². The molecule has 0 atom stereocenters. The first-order valence-corrected chi connectivity index (χ1v) is 8.43. The van der Waals surface area contributed by atoms with Crippen molar-refractivity contribution in [2.75, 3.05) is 12.4 Å². The van der Waals surface area contributed by atoms with Gasteiger partial charge in [0.05, 0.1) is 30.0 Å². The Morgan fingerprint density at radius 1 is 1.18 bits per heavy atom. The quantitative estimate of drug-likeness (QED) is 0.590. The van der Waals surface area contributed by atoms with Gasteiger partial charge in [-0.25, -0.2) is 9.37 Å². The fraction of sp³-hybridized carbons (Fsp3) is 0.100. The zero-order valence-electron chi connectivity index (χ0n) is 14.8. The molecule has 2 aromatic carbocycles. The van der Waals surface area contributed by atoms with Crippen LogP contribution in [0.15, 0.2) is 59.8 Å². The molecule has 0 saturated heterocycles. The van der Waals surface area contributed by atoms with E-state index in [1.165, 1.54) is 18.5 Å². The Morgan fingerprint density at radius 2 is 2.04 bits per heavy atom. The molecule has 28 heavy (non-hydrogen) atoms. The molecule has 0 aliphatic heterocycles. The standard InChI is InChI=1S/C20H15FN4O3/c1-28-17-7-6-16(13-3-2-8-22-19(13)17)24-18(26)10-25-11-23-15-5-4-12(21)9-14(15)20(25)27/h2-9,11H,10H2,1H3,(H,24,26). The van der Waals surface area contributed by atoms with Crippen molar-refractivity contribution in [2.45, 2.75) is 6.54 Å². The summed E-state index contributed by atoms with van der Waals surface area (Å²) in [6.07, 6.45) is 2.91. The molecule has 140 valence electrons. The average Bonchev–Trinajstić information content (AvgIpc) is 2.71. The fourth-order valence-corrected chi connectivity index (χ4v) is 3.01. The summed E-state index contributed by atoms with van der Waals surface area (Å²) in [5, 5.41) is 3.60. The summed E-state index contributed by atoms with van der Waals surface area (Å²) in [7, 11) is 1.55. The van der Waals surface area contributed by atoms with E-state index in [1.54, 1.807) is 31.5 Å². The second-order valence-corrected chi connectivity index (χ2v) is 6.10. The predicted molar refractivity (Wildman–Crippen MR) is 103 cm³/mol. The SMILES string of the molecule is COc1ccc(NC(=O)Cn2cnc3ccc(F)cc3c2=O)c2cccnc12. The van der Waals surface area contributed by atoms with Gasteiger partial charge in [-0.3, -0.25) is 19.1 Å². The van der Waals surface area contributed by atoms with E-state index < -0.39 is 17.3 Å². The number of nitrogens with one attached hydrogen (secondary N) is 1. The van der Waals surface area contributed by atoms with Crippen LogP contribution in [-0.4, -0.2) is 27.6 Å². The molecule has 0 aliphatic carbocycles. The summed E-state index contributed by atoms with van der Waals surface area (Å²) in [5.74, 6) is -0.369. The maximum Gasteiger partial charge on any atom is 0.261 e. The number of fused-ring (bicyclic) bond motifs is 2. The van der Waals surface area contributed by atoms with Crippen molar-refractivity contribution in [3.8, 4) is 5.75 Å². The van der Waals surface area contributed by atoms with Crippen LogP contribution in [0.3, 0.4) is 0 Å². The smallest absolute Gasteiger partial charge is 0.261 e. The Hall–Kier alpha value is -3.81. The van der Waals surface area contributed by atoms with Crippen molar-refractivity contribution in [3.05, 3.63) is 71.2 Å². The molecule has 0 aliphatic rings. The number of benzene rings is 2. The summed E-state index contributed by atoms with van der Waals surface area (Å²) >= 11 is 0. The van der Waals surface area contributed by atoms with Crippen LogP contribution in [0.4, 0.5) is 10.1 Å². The highest BCUT2D eigenvalue weighted by molar-refractivity contribution is 6.02. The van der Waals surface area contributed by atoms with Crippen molar-refractivity contribution >= 4 is 33.4 Å². The minimum Gasteiger partial charge on any atom is -0.494 e. The van der Waals surface area contributed by atoms with Gasteiger partial charge < -0.3 is 10.1 Å². The lowest BCUT2D eigenvalue weighted by Gasteiger charge is -2.12. The molecule has 0 unspecified atom stereocenters. The van der Waals surface area contributed by atoms with E-state index in [1.807, 2.05) is 6.07 Å². The molecular formula is C20H15FN4O3. The first-order chi connectivity index (χ1) is 13.6. The number of amides is 1. The van der Waals surface area contributed by atoms with Gasteiger partial charge in [-0.2, -0.15) is 0 Å². The van der Waals surface area contributed by atoms with Crippen LogP contribution >= 0.6 is 0 Å². The Balaban J connectivity index is 1.64. The minimum atomic E-state index is -0.536. The minimum absolute atomic E-state index is 0.120. The highest BCUT2D eigenvalue weighted by Crippen LogP contribution is 2.29. The Labute approximate surface area is 158 Å². The number of aromatic nitrogens is 3. The number of anilines is 1. The third-order valence-corrected chi connectivity index (χ3v) is 4.33. The summed E-state index contributed by atoms with van der Waals surface area (Å²) in [5.41, 5.74) is 1.04. The van der Waals surface area contributed by atoms with Crippen molar-refractivity contribution < 1.29 is 13.9 Å². The average molecular weight is 378 g/mol. The van der Waals surface area contributed by atoms with Gasteiger partial charge in [0, 0.05) is 11.6 Å². The summed E-state index contributed by atoms with van der Waals surface area (Å²) < 4.78 is 19.9. The highest BCUT2D eigenvalue weighted by atomic mass is 19.1. The van der Waals surface area contributed by atoms with Gasteiger partial charge in [0.2, 0.25) is 5.91 Å². The normalized spacial score (nSPS) is 10.9.